The monoisotopic (exact) mass is 300 g/mol. The zero-order valence-corrected chi connectivity index (χ0v) is 12.8. The molecule has 2 aromatic heterocycles. The van der Waals surface area contributed by atoms with E-state index in [1.165, 1.54) is 0 Å². The first-order valence-electron chi connectivity index (χ1n) is 7.45. The summed E-state index contributed by atoms with van der Waals surface area (Å²) in [6, 6.07) is 5.01. The largest absolute Gasteiger partial charge is 0.389 e. The Kier molecular flexibility index (Phi) is 3.94. The minimum absolute atomic E-state index is 0.0357. The topological polar surface area (TPSA) is 71.2 Å². The molecule has 0 radical (unpaired) electrons. The summed E-state index contributed by atoms with van der Waals surface area (Å²) in [5.41, 5.74) is 0.402. The van der Waals surface area contributed by atoms with Crippen molar-refractivity contribution in [2.75, 3.05) is 7.05 Å². The van der Waals surface area contributed by atoms with Gasteiger partial charge >= 0.3 is 0 Å². The van der Waals surface area contributed by atoms with Crippen molar-refractivity contribution in [3.63, 3.8) is 0 Å². The number of likely N-dealkylation sites (N-methyl/N-ethyl adjacent to an activating group) is 1. The first-order valence-corrected chi connectivity index (χ1v) is 7.45. The van der Waals surface area contributed by atoms with Crippen LogP contribution in [0, 0.1) is 6.92 Å². The fourth-order valence-corrected chi connectivity index (χ4v) is 3.22. The Morgan fingerprint density at radius 2 is 2.14 bits per heavy atom. The molecular weight excluding hydrogens is 280 g/mol. The van der Waals surface area contributed by atoms with Gasteiger partial charge in [0.1, 0.15) is 11.5 Å². The van der Waals surface area contributed by atoms with E-state index in [2.05, 4.69) is 9.97 Å². The van der Waals surface area contributed by atoms with E-state index in [0.29, 0.717) is 5.69 Å². The number of aliphatic hydroxyl groups is 1. The Labute approximate surface area is 129 Å². The molecule has 1 aliphatic carbocycles. The number of aromatic nitrogens is 3. The van der Waals surface area contributed by atoms with Gasteiger partial charge in [-0.05, 0) is 31.9 Å². The Bertz CT molecular complexity index is 655. The van der Waals surface area contributed by atoms with Crippen molar-refractivity contribution in [1.29, 1.82) is 0 Å². The summed E-state index contributed by atoms with van der Waals surface area (Å²) in [6.45, 7) is 1.92. The first kappa shape index (κ1) is 14.7. The van der Waals surface area contributed by atoms with E-state index in [4.69, 9.17) is 0 Å². The summed E-state index contributed by atoms with van der Waals surface area (Å²) < 4.78 is 1.99. The number of imidazole rings is 1. The lowest BCUT2D eigenvalue weighted by molar-refractivity contribution is 0.0436. The van der Waals surface area contributed by atoms with Crippen LogP contribution in [0.3, 0.4) is 0 Å². The minimum Gasteiger partial charge on any atom is -0.389 e. The highest BCUT2D eigenvalue weighted by molar-refractivity contribution is 5.92. The van der Waals surface area contributed by atoms with Gasteiger partial charge in [0, 0.05) is 25.6 Å². The van der Waals surface area contributed by atoms with Crippen molar-refractivity contribution in [3.05, 3.63) is 48.3 Å². The minimum atomic E-state index is -0.606. The van der Waals surface area contributed by atoms with Crippen LogP contribution in [0.1, 0.15) is 35.2 Å². The van der Waals surface area contributed by atoms with Gasteiger partial charge in [-0.25, -0.2) is 4.98 Å². The van der Waals surface area contributed by atoms with Crippen LogP contribution in [0.2, 0.25) is 0 Å². The van der Waals surface area contributed by atoms with E-state index in [-0.39, 0.29) is 18.0 Å². The third kappa shape index (κ3) is 2.50. The molecule has 1 fully saturated rings. The van der Waals surface area contributed by atoms with Gasteiger partial charge in [-0.2, -0.15) is 0 Å². The van der Waals surface area contributed by atoms with Gasteiger partial charge in [0.05, 0.1) is 18.2 Å². The van der Waals surface area contributed by atoms with Crippen LogP contribution in [0.5, 0.6) is 0 Å². The molecule has 0 bridgehead atoms. The normalized spacial score (nSPS) is 24.4. The molecule has 3 rings (SSSR count). The van der Waals surface area contributed by atoms with Gasteiger partial charge in [-0.3, -0.25) is 9.78 Å². The van der Waals surface area contributed by atoms with Crippen molar-refractivity contribution in [2.24, 2.45) is 0 Å². The lowest BCUT2D eigenvalue weighted by Crippen LogP contribution is -2.43. The highest BCUT2D eigenvalue weighted by atomic mass is 16.3. The van der Waals surface area contributed by atoms with Crippen molar-refractivity contribution < 1.29 is 9.90 Å². The number of hydrogen-bond donors (Lipinski definition) is 1. The van der Waals surface area contributed by atoms with Crippen LogP contribution in [-0.2, 0) is 0 Å². The standard InChI is InChI=1S/C16H20N4O2/c1-11-17-9-10-20(11)14-7-6-13(15(14)21)19(2)16(22)12-5-3-4-8-18-12/h3-5,8-10,13-15,21H,6-7H2,1-2H3/t13-,14-,15-/m1/s1. The number of rotatable bonds is 3. The van der Waals surface area contributed by atoms with Gasteiger partial charge in [0.15, 0.2) is 0 Å². The summed E-state index contributed by atoms with van der Waals surface area (Å²) in [4.78, 5) is 22.4. The zero-order chi connectivity index (χ0) is 15.7. The maximum absolute atomic E-state index is 12.5. The summed E-state index contributed by atoms with van der Waals surface area (Å²) in [7, 11) is 1.73. The third-order valence-electron chi connectivity index (χ3n) is 4.47. The van der Waals surface area contributed by atoms with Crippen LogP contribution in [0.15, 0.2) is 36.8 Å². The Hall–Kier alpha value is -2.21. The number of carbonyl (C=O) groups is 1. The van der Waals surface area contributed by atoms with E-state index in [9.17, 15) is 9.90 Å². The molecule has 22 heavy (non-hydrogen) atoms. The average molecular weight is 300 g/mol. The van der Waals surface area contributed by atoms with Crippen LogP contribution in [0.4, 0.5) is 0 Å². The number of aryl methyl sites for hydroxylation is 1. The van der Waals surface area contributed by atoms with Crippen molar-refractivity contribution in [3.8, 4) is 0 Å². The smallest absolute Gasteiger partial charge is 0.272 e. The number of amides is 1. The van der Waals surface area contributed by atoms with Crippen LogP contribution < -0.4 is 0 Å². The summed E-state index contributed by atoms with van der Waals surface area (Å²) in [5, 5.41) is 10.6. The molecule has 2 heterocycles. The van der Waals surface area contributed by atoms with Gasteiger partial charge in [-0.1, -0.05) is 6.07 Å². The Morgan fingerprint density at radius 3 is 2.77 bits per heavy atom. The van der Waals surface area contributed by atoms with Crippen molar-refractivity contribution in [1.82, 2.24) is 19.4 Å². The van der Waals surface area contributed by atoms with Gasteiger partial charge in [-0.15, -0.1) is 0 Å². The number of nitrogens with zero attached hydrogens (tertiary/aromatic N) is 4. The van der Waals surface area contributed by atoms with E-state index < -0.39 is 6.10 Å². The zero-order valence-electron chi connectivity index (χ0n) is 12.8. The second-order valence-corrected chi connectivity index (χ2v) is 5.72. The van der Waals surface area contributed by atoms with Crippen LogP contribution in [0.25, 0.3) is 0 Å². The van der Waals surface area contributed by atoms with Crippen LogP contribution in [-0.4, -0.2) is 49.6 Å². The molecule has 1 aliphatic rings. The third-order valence-corrected chi connectivity index (χ3v) is 4.47. The second-order valence-electron chi connectivity index (χ2n) is 5.72. The number of aliphatic hydroxyl groups excluding tert-OH is 1. The number of hydrogen-bond acceptors (Lipinski definition) is 4. The molecule has 0 saturated heterocycles. The molecule has 3 atom stereocenters. The quantitative estimate of drug-likeness (QED) is 0.930. The van der Waals surface area contributed by atoms with Crippen LogP contribution >= 0.6 is 0 Å². The molecule has 6 heteroatoms. The fourth-order valence-electron chi connectivity index (χ4n) is 3.22. The van der Waals surface area contributed by atoms with E-state index in [1.54, 1.807) is 42.5 Å². The highest BCUT2D eigenvalue weighted by Gasteiger charge is 2.40. The van der Waals surface area contributed by atoms with E-state index in [0.717, 1.165) is 18.7 Å². The molecule has 6 nitrogen and oxygen atoms in total. The van der Waals surface area contributed by atoms with Crippen molar-refractivity contribution in [2.45, 2.75) is 38.0 Å². The summed E-state index contributed by atoms with van der Waals surface area (Å²) in [6.07, 6.45) is 6.20. The Morgan fingerprint density at radius 1 is 1.32 bits per heavy atom. The molecule has 1 N–H and O–H groups in total. The Balaban J connectivity index is 1.76. The molecule has 0 aliphatic heterocycles. The van der Waals surface area contributed by atoms with Gasteiger partial charge in [0.25, 0.3) is 5.91 Å². The molecule has 0 unspecified atom stereocenters. The molecule has 2 aromatic rings. The fraction of sp³-hybridized carbons (Fsp3) is 0.438. The summed E-state index contributed by atoms with van der Waals surface area (Å²) >= 11 is 0. The molecule has 1 saturated carbocycles. The predicted molar refractivity (Wildman–Crippen MR) is 81.4 cm³/mol. The van der Waals surface area contributed by atoms with E-state index in [1.807, 2.05) is 17.7 Å². The lowest BCUT2D eigenvalue weighted by Gasteiger charge is -2.29. The number of pyridine rings is 1. The number of carbonyl (C=O) groups excluding carboxylic acids is 1. The predicted octanol–water partition coefficient (Wildman–Crippen LogP) is 1.42. The van der Waals surface area contributed by atoms with Crippen molar-refractivity contribution >= 4 is 5.91 Å². The maximum atomic E-state index is 12.5. The first-order chi connectivity index (χ1) is 10.6. The molecule has 0 aromatic carbocycles. The highest BCUT2D eigenvalue weighted by Crippen LogP contribution is 2.34. The van der Waals surface area contributed by atoms with E-state index >= 15 is 0 Å². The maximum Gasteiger partial charge on any atom is 0.272 e. The second kappa shape index (κ2) is 5.88. The summed E-state index contributed by atoms with van der Waals surface area (Å²) in [5.74, 6) is 0.719. The molecule has 1 amide bonds. The average Bonchev–Trinajstić information content (AvgIpc) is 3.12. The lowest BCUT2D eigenvalue weighted by atomic mass is 10.1. The van der Waals surface area contributed by atoms with Gasteiger partial charge < -0.3 is 14.6 Å². The van der Waals surface area contributed by atoms with Gasteiger partial charge in [0.2, 0.25) is 0 Å². The molecule has 116 valence electrons. The SMILES string of the molecule is Cc1nccn1[C@@H]1CC[C@@H](N(C)C(=O)c2ccccn2)[C@H]1O. The molecule has 0 spiro atoms. The molecular formula is C16H20N4O2.